The smallest absolute Gasteiger partial charge is 0.173 e. The van der Waals surface area contributed by atoms with E-state index in [1.54, 1.807) is 6.07 Å². The van der Waals surface area contributed by atoms with E-state index in [0.717, 1.165) is 41.5 Å². The number of carbonyl (C=O) groups is 1. The average Bonchev–Trinajstić information content (AvgIpc) is 3.35. The standard InChI is InChI=1S/C22H19Cl2NO3/c1-2-10-3-4-11(12-5-8-16(23)25-22(12)24)9-13(10)17-20(26)18-14-6-7-15(28-14)19(18)21(17)27/h3-5,8-9,14-15,18-19,26H,2,6-7H2,1H3/t14-,15-,18+,19-/m0/s1. The van der Waals surface area contributed by atoms with Crippen LogP contribution >= 0.6 is 23.2 Å². The molecule has 4 nitrogen and oxygen atoms in total. The van der Waals surface area contributed by atoms with E-state index < -0.39 is 0 Å². The van der Waals surface area contributed by atoms with Gasteiger partial charge >= 0.3 is 0 Å². The van der Waals surface area contributed by atoms with Crippen LogP contribution < -0.4 is 0 Å². The second kappa shape index (κ2) is 6.58. The summed E-state index contributed by atoms with van der Waals surface area (Å²) < 4.78 is 5.89. The van der Waals surface area contributed by atoms with Crippen LogP contribution in [0.2, 0.25) is 10.3 Å². The summed E-state index contributed by atoms with van der Waals surface area (Å²) in [5, 5.41) is 11.6. The number of ketones is 1. The summed E-state index contributed by atoms with van der Waals surface area (Å²) in [7, 11) is 0. The van der Waals surface area contributed by atoms with Gasteiger partial charge < -0.3 is 9.84 Å². The third kappa shape index (κ3) is 2.55. The van der Waals surface area contributed by atoms with Crippen LogP contribution in [0, 0.1) is 11.8 Å². The van der Waals surface area contributed by atoms with Crippen LogP contribution in [0.1, 0.15) is 30.9 Å². The minimum Gasteiger partial charge on any atom is -0.511 e. The van der Waals surface area contributed by atoms with Gasteiger partial charge in [-0.1, -0.05) is 42.3 Å². The van der Waals surface area contributed by atoms with Crippen LogP contribution in [0.4, 0.5) is 0 Å². The van der Waals surface area contributed by atoms with Gasteiger partial charge in [0.05, 0.1) is 29.6 Å². The van der Waals surface area contributed by atoms with Crippen molar-refractivity contribution in [1.29, 1.82) is 0 Å². The van der Waals surface area contributed by atoms with E-state index in [2.05, 4.69) is 4.98 Å². The third-order valence-electron chi connectivity index (χ3n) is 6.28. The van der Waals surface area contributed by atoms with Gasteiger partial charge in [0, 0.05) is 5.56 Å². The molecule has 0 radical (unpaired) electrons. The Balaban J connectivity index is 1.64. The van der Waals surface area contributed by atoms with Crippen LogP contribution in [-0.2, 0) is 16.0 Å². The highest BCUT2D eigenvalue weighted by Gasteiger charge is 2.59. The van der Waals surface area contributed by atoms with Crippen LogP contribution in [-0.4, -0.2) is 28.1 Å². The van der Waals surface area contributed by atoms with Crippen LogP contribution in [0.25, 0.3) is 16.7 Å². The Labute approximate surface area is 173 Å². The largest absolute Gasteiger partial charge is 0.511 e. The first-order valence-corrected chi connectivity index (χ1v) is 10.3. The number of halogens is 2. The van der Waals surface area contributed by atoms with Crippen LogP contribution in [0.5, 0.6) is 0 Å². The van der Waals surface area contributed by atoms with Crippen molar-refractivity contribution >= 4 is 34.6 Å². The summed E-state index contributed by atoms with van der Waals surface area (Å²) >= 11 is 12.2. The maximum Gasteiger partial charge on any atom is 0.173 e. The van der Waals surface area contributed by atoms with Gasteiger partial charge in [0.15, 0.2) is 5.78 Å². The van der Waals surface area contributed by atoms with Crippen molar-refractivity contribution in [3.05, 3.63) is 57.5 Å². The number of allylic oxidation sites excluding steroid dienone is 1. The maximum atomic E-state index is 13.3. The average molecular weight is 416 g/mol. The number of nitrogens with zero attached hydrogens (tertiary/aromatic N) is 1. The number of fused-ring (bicyclic) bond motifs is 5. The molecule has 2 aliphatic heterocycles. The number of aliphatic hydroxyl groups is 1. The second-order valence-corrected chi connectivity index (χ2v) is 8.41. The molecule has 3 heterocycles. The molecule has 2 fully saturated rings. The van der Waals surface area contributed by atoms with E-state index in [4.69, 9.17) is 27.9 Å². The molecule has 144 valence electrons. The number of benzene rings is 1. The first-order chi connectivity index (χ1) is 13.5. The normalized spacial score (nSPS) is 28.3. The number of ether oxygens (including phenoxy) is 1. The summed E-state index contributed by atoms with van der Waals surface area (Å²) in [6.45, 7) is 2.04. The zero-order valence-corrected chi connectivity index (χ0v) is 16.8. The van der Waals surface area contributed by atoms with E-state index in [9.17, 15) is 9.90 Å². The Morgan fingerprint density at radius 1 is 1.11 bits per heavy atom. The highest BCUT2D eigenvalue weighted by atomic mass is 35.5. The summed E-state index contributed by atoms with van der Waals surface area (Å²) in [6, 6.07) is 9.39. The fourth-order valence-corrected chi connectivity index (χ4v) is 5.45. The Bertz CT molecular complexity index is 1030. The van der Waals surface area contributed by atoms with Crippen molar-refractivity contribution in [2.75, 3.05) is 0 Å². The minimum atomic E-state index is -0.247. The Morgan fingerprint density at radius 2 is 1.86 bits per heavy atom. The topological polar surface area (TPSA) is 59.4 Å². The van der Waals surface area contributed by atoms with E-state index in [0.29, 0.717) is 15.9 Å². The van der Waals surface area contributed by atoms with Gasteiger partial charge in [0.25, 0.3) is 0 Å². The fourth-order valence-electron chi connectivity index (χ4n) is 5.00. The predicted octanol–water partition coefficient (Wildman–Crippen LogP) is 5.26. The lowest BCUT2D eigenvalue weighted by Gasteiger charge is -2.19. The summed E-state index contributed by atoms with van der Waals surface area (Å²) in [4.78, 5) is 17.4. The molecule has 0 amide bonds. The molecule has 1 N–H and O–H groups in total. The summed E-state index contributed by atoms with van der Waals surface area (Å²) in [5.74, 6) is -0.255. The zero-order valence-electron chi connectivity index (χ0n) is 15.3. The molecule has 6 heteroatoms. The molecule has 2 aromatic rings. The van der Waals surface area contributed by atoms with E-state index >= 15 is 0 Å². The number of aryl methyl sites for hydroxylation is 1. The lowest BCUT2D eigenvalue weighted by atomic mass is 9.80. The predicted molar refractivity (Wildman–Crippen MR) is 109 cm³/mol. The van der Waals surface area contributed by atoms with Crippen molar-refractivity contribution in [3.63, 3.8) is 0 Å². The molecule has 2 bridgehead atoms. The number of aromatic nitrogens is 1. The van der Waals surface area contributed by atoms with Gasteiger partial charge in [-0.3, -0.25) is 4.79 Å². The highest BCUT2D eigenvalue weighted by molar-refractivity contribution is 6.34. The number of Topliss-reactive ketones (excluding diaryl/α,β-unsaturated/α-hetero) is 1. The molecule has 0 unspecified atom stereocenters. The lowest BCUT2D eigenvalue weighted by molar-refractivity contribution is -0.118. The molecule has 0 spiro atoms. The Morgan fingerprint density at radius 3 is 2.54 bits per heavy atom. The van der Waals surface area contributed by atoms with Crippen LogP contribution in [0.15, 0.2) is 36.1 Å². The molecule has 1 aliphatic carbocycles. The third-order valence-corrected chi connectivity index (χ3v) is 6.78. The van der Waals surface area contributed by atoms with Crippen LogP contribution in [0.3, 0.4) is 0 Å². The Hall–Kier alpha value is -1.88. The van der Waals surface area contributed by atoms with Crippen molar-refractivity contribution < 1.29 is 14.6 Å². The van der Waals surface area contributed by atoms with Crippen molar-refractivity contribution in [3.8, 4) is 11.1 Å². The van der Waals surface area contributed by atoms with Gasteiger partial charge in [0.2, 0.25) is 0 Å². The van der Waals surface area contributed by atoms with Gasteiger partial charge in [0.1, 0.15) is 16.1 Å². The van der Waals surface area contributed by atoms with E-state index in [-0.39, 0.29) is 35.6 Å². The lowest BCUT2D eigenvalue weighted by Crippen LogP contribution is -2.29. The first kappa shape index (κ1) is 18.2. The quantitative estimate of drug-likeness (QED) is 0.694. The van der Waals surface area contributed by atoms with Gasteiger partial charge in [-0.2, -0.15) is 0 Å². The van der Waals surface area contributed by atoms with E-state index in [1.807, 2.05) is 31.2 Å². The summed E-state index contributed by atoms with van der Waals surface area (Å²) in [6.07, 6.45) is 2.45. The zero-order chi connectivity index (χ0) is 19.6. The molecular formula is C22H19Cl2NO3. The molecular weight excluding hydrogens is 397 g/mol. The molecule has 0 saturated carbocycles. The second-order valence-electron chi connectivity index (χ2n) is 7.66. The number of hydrogen-bond donors (Lipinski definition) is 1. The maximum absolute atomic E-state index is 13.3. The number of aliphatic hydroxyl groups excluding tert-OH is 1. The van der Waals surface area contributed by atoms with Crippen molar-refractivity contribution in [2.45, 2.75) is 38.4 Å². The van der Waals surface area contributed by atoms with Crippen molar-refractivity contribution in [2.24, 2.45) is 11.8 Å². The number of rotatable bonds is 3. The molecule has 3 aliphatic rings. The molecule has 5 rings (SSSR count). The van der Waals surface area contributed by atoms with Gasteiger partial charge in [-0.25, -0.2) is 4.98 Å². The highest BCUT2D eigenvalue weighted by Crippen LogP contribution is 2.54. The SMILES string of the molecule is CCc1ccc(-c2ccc(Cl)nc2Cl)cc1C1=C(O)[C@H]2[C@@H](C1=O)[C@@H]1CC[C@@H]2O1. The molecule has 2 saturated heterocycles. The Kier molecular flexibility index (Phi) is 4.27. The van der Waals surface area contributed by atoms with E-state index in [1.165, 1.54) is 0 Å². The molecule has 1 aromatic heterocycles. The fraction of sp³-hybridized carbons (Fsp3) is 0.364. The first-order valence-electron chi connectivity index (χ1n) is 9.58. The monoisotopic (exact) mass is 415 g/mol. The molecule has 1 aromatic carbocycles. The summed E-state index contributed by atoms with van der Waals surface area (Å²) in [5.41, 5.74) is 3.83. The number of carbonyl (C=O) groups excluding carboxylic acids is 1. The van der Waals surface area contributed by atoms with Gasteiger partial charge in [-0.05, 0) is 54.2 Å². The molecule has 28 heavy (non-hydrogen) atoms. The number of hydrogen-bond acceptors (Lipinski definition) is 4. The van der Waals surface area contributed by atoms with Gasteiger partial charge in [-0.15, -0.1) is 0 Å². The van der Waals surface area contributed by atoms with Crippen molar-refractivity contribution in [1.82, 2.24) is 4.98 Å². The number of pyridine rings is 1. The minimum absolute atomic E-state index is 0.00174. The molecule has 4 atom stereocenters.